The molecule has 0 aromatic heterocycles. The molecular weight excluding hydrogens is 214 g/mol. The number of rotatable bonds is 7. The van der Waals surface area contributed by atoms with Crippen LogP contribution in [0.5, 0.6) is 0 Å². The summed E-state index contributed by atoms with van der Waals surface area (Å²) in [5, 5.41) is 13.5. The van der Waals surface area contributed by atoms with Gasteiger partial charge in [0.1, 0.15) is 0 Å². The second kappa shape index (κ2) is 7.34. The molecule has 3 heteroatoms. The summed E-state index contributed by atoms with van der Waals surface area (Å²) in [6.45, 7) is 6.56. The molecule has 0 spiro atoms. The maximum absolute atomic E-state index is 10.1. The summed E-state index contributed by atoms with van der Waals surface area (Å²) in [5.74, 6) is 1.68. The van der Waals surface area contributed by atoms with E-state index in [1.807, 2.05) is 6.92 Å². The van der Waals surface area contributed by atoms with Gasteiger partial charge in [-0.2, -0.15) is 0 Å². The Bertz CT molecular complexity index is 206. The fourth-order valence-electron chi connectivity index (χ4n) is 2.70. The Balaban J connectivity index is 2.13. The molecule has 0 amide bonds. The van der Waals surface area contributed by atoms with Crippen LogP contribution < -0.4 is 5.32 Å². The largest absolute Gasteiger partial charge is 0.389 e. The molecule has 1 saturated carbocycles. The lowest BCUT2D eigenvalue weighted by atomic mass is 9.82. The molecule has 2 N–H and O–H groups in total. The van der Waals surface area contributed by atoms with Crippen LogP contribution in [-0.4, -0.2) is 37.5 Å². The predicted octanol–water partition coefficient (Wildman–Crippen LogP) is 2.19. The Morgan fingerprint density at radius 1 is 1.41 bits per heavy atom. The molecule has 3 unspecified atom stereocenters. The van der Waals surface area contributed by atoms with Crippen molar-refractivity contribution in [3.8, 4) is 0 Å². The number of methoxy groups -OCH3 is 1. The third kappa shape index (κ3) is 6.39. The number of nitrogens with one attached hydrogen (secondary N) is 1. The SMILES string of the molecule is COCCC(C)(O)CNCC1CCCC(C)C1. The molecule has 3 nitrogen and oxygen atoms in total. The highest BCUT2D eigenvalue weighted by molar-refractivity contribution is 4.78. The summed E-state index contributed by atoms with van der Waals surface area (Å²) in [6.07, 6.45) is 6.14. The molecule has 1 aliphatic rings. The first-order valence-electron chi connectivity index (χ1n) is 6.95. The van der Waals surface area contributed by atoms with Gasteiger partial charge in [-0.25, -0.2) is 0 Å². The van der Waals surface area contributed by atoms with Crippen molar-refractivity contribution in [2.24, 2.45) is 11.8 Å². The first-order chi connectivity index (χ1) is 8.03. The Morgan fingerprint density at radius 3 is 2.82 bits per heavy atom. The van der Waals surface area contributed by atoms with Crippen LogP contribution in [0, 0.1) is 11.8 Å². The Kier molecular flexibility index (Phi) is 6.45. The first-order valence-corrected chi connectivity index (χ1v) is 6.95. The second-order valence-electron chi connectivity index (χ2n) is 6.01. The van der Waals surface area contributed by atoms with Crippen molar-refractivity contribution in [3.63, 3.8) is 0 Å². The summed E-state index contributed by atoms with van der Waals surface area (Å²) in [6, 6.07) is 0. The van der Waals surface area contributed by atoms with Gasteiger partial charge in [0, 0.05) is 26.7 Å². The van der Waals surface area contributed by atoms with Crippen molar-refractivity contribution >= 4 is 0 Å². The average molecular weight is 243 g/mol. The van der Waals surface area contributed by atoms with Gasteiger partial charge < -0.3 is 15.2 Å². The molecular formula is C14H29NO2. The van der Waals surface area contributed by atoms with Gasteiger partial charge in [0.2, 0.25) is 0 Å². The molecule has 1 rings (SSSR count). The van der Waals surface area contributed by atoms with Gasteiger partial charge in [0.15, 0.2) is 0 Å². The monoisotopic (exact) mass is 243 g/mol. The molecule has 17 heavy (non-hydrogen) atoms. The number of hydrogen-bond donors (Lipinski definition) is 2. The molecule has 1 aliphatic carbocycles. The lowest BCUT2D eigenvalue weighted by Crippen LogP contribution is -2.41. The van der Waals surface area contributed by atoms with Crippen LogP contribution in [0.2, 0.25) is 0 Å². The molecule has 0 radical (unpaired) electrons. The van der Waals surface area contributed by atoms with E-state index in [1.165, 1.54) is 25.7 Å². The van der Waals surface area contributed by atoms with E-state index in [0.717, 1.165) is 18.4 Å². The smallest absolute Gasteiger partial charge is 0.0765 e. The summed E-state index contributed by atoms with van der Waals surface area (Å²) in [7, 11) is 1.67. The van der Waals surface area contributed by atoms with E-state index >= 15 is 0 Å². The average Bonchev–Trinajstić information content (AvgIpc) is 2.26. The standard InChI is InChI=1S/C14H29NO2/c1-12-5-4-6-13(9-12)10-15-11-14(2,16)7-8-17-3/h12-13,15-16H,4-11H2,1-3H3. The van der Waals surface area contributed by atoms with Crippen LogP contribution in [0.25, 0.3) is 0 Å². The minimum Gasteiger partial charge on any atom is -0.389 e. The second-order valence-corrected chi connectivity index (χ2v) is 6.01. The normalized spacial score (nSPS) is 28.9. The van der Waals surface area contributed by atoms with Crippen LogP contribution in [0.1, 0.15) is 46.0 Å². The fraction of sp³-hybridized carbons (Fsp3) is 1.00. The topological polar surface area (TPSA) is 41.5 Å². The Morgan fingerprint density at radius 2 is 2.18 bits per heavy atom. The summed E-state index contributed by atoms with van der Waals surface area (Å²) >= 11 is 0. The first kappa shape index (κ1) is 14.9. The molecule has 0 aromatic carbocycles. The van der Waals surface area contributed by atoms with Crippen LogP contribution in [-0.2, 0) is 4.74 Å². The van der Waals surface area contributed by atoms with E-state index < -0.39 is 5.60 Å². The lowest BCUT2D eigenvalue weighted by molar-refractivity contribution is 0.0239. The minimum absolute atomic E-state index is 0.620. The summed E-state index contributed by atoms with van der Waals surface area (Å²) in [4.78, 5) is 0. The molecule has 102 valence electrons. The van der Waals surface area contributed by atoms with Crippen molar-refractivity contribution < 1.29 is 9.84 Å². The quantitative estimate of drug-likeness (QED) is 0.720. The highest BCUT2D eigenvalue weighted by Gasteiger charge is 2.22. The van der Waals surface area contributed by atoms with Crippen molar-refractivity contribution in [2.75, 3.05) is 26.8 Å². The van der Waals surface area contributed by atoms with E-state index in [4.69, 9.17) is 4.74 Å². The molecule has 3 atom stereocenters. The van der Waals surface area contributed by atoms with Crippen LogP contribution in [0.4, 0.5) is 0 Å². The van der Waals surface area contributed by atoms with Crippen LogP contribution in [0.3, 0.4) is 0 Å². The van der Waals surface area contributed by atoms with Crippen LogP contribution >= 0.6 is 0 Å². The fourth-order valence-corrected chi connectivity index (χ4v) is 2.70. The maximum atomic E-state index is 10.1. The van der Waals surface area contributed by atoms with Gasteiger partial charge in [-0.15, -0.1) is 0 Å². The zero-order valence-electron chi connectivity index (χ0n) is 11.7. The van der Waals surface area contributed by atoms with E-state index in [9.17, 15) is 5.11 Å². The van der Waals surface area contributed by atoms with E-state index in [2.05, 4.69) is 12.2 Å². The third-order valence-corrected chi connectivity index (χ3v) is 3.83. The number of hydrogen-bond acceptors (Lipinski definition) is 3. The van der Waals surface area contributed by atoms with Gasteiger partial charge in [-0.1, -0.05) is 19.8 Å². The summed E-state index contributed by atoms with van der Waals surface area (Å²) < 4.78 is 5.00. The molecule has 0 saturated heterocycles. The lowest BCUT2D eigenvalue weighted by Gasteiger charge is -2.29. The maximum Gasteiger partial charge on any atom is 0.0765 e. The predicted molar refractivity (Wildman–Crippen MR) is 71.1 cm³/mol. The van der Waals surface area contributed by atoms with Gasteiger partial charge in [0.25, 0.3) is 0 Å². The molecule has 0 bridgehead atoms. The van der Waals surface area contributed by atoms with E-state index in [0.29, 0.717) is 19.6 Å². The molecule has 0 heterocycles. The zero-order chi connectivity index (χ0) is 12.7. The zero-order valence-corrected chi connectivity index (χ0v) is 11.7. The van der Waals surface area contributed by atoms with Crippen LogP contribution in [0.15, 0.2) is 0 Å². The van der Waals surface area contributed by atoms with E-state index in [1.54, 1.807) is 7.11 Å². The van der Waals surface area contributed by atoms with Gasteiger partial charge >= 0.3 is 0 Å². The van der Waals surface area contributed by atoms with Gasteiger partial charge in [-0.05, 0) is 38.1 Å². The highest BCUT2D eigenvalue weighted by Crippen LogP contribution is 2.27. The van der Waals surface area contributed by atoms with Crippen molar-refractivity contribution in [3.05, 3.63) is 0 Å². The summed E-state index contributed by atoms with van der Waals surface area (Å²) in [5.41, 5.74) is -0.643. The molecule has 0 aliphatic heterocycles. The third-order valence-electron chi connectivity index (χ3n) is 3.83. The van der Waals surface area contributed by atoms with Gasteiger partial charge in [0.05, 0.1) is 5.60 Å². The Labute approximate surface area is 106 Å². The highest BCUT2D eigenvalue weighted by atomic mass is 16.5. The van der Waals surface area contributed by atoms with Crippen molar-refractivity contribution in [1.82, 2.24) is 5.32 Å². The molecule has 1 fully saturated rings. The van der Waals surface area contributed by atoms with Gasteiger partial charge in [-0.3, -0.25) is 0 Å². The number of aliphatic hydroxyl groups is 1. The Hall–Kier alpha value is -0.120. The van der Waals surface area contributed by atoms with Crippen molar-refractivity contribution in [2.45, 2.75) is 51.6 Å². The molecule has 0 aromatic rings. The minimum atomic E-state index is -0.643. The number of ether oxygens (including phenoxy) is 1. The van der Waals surface area contributed by atoms with Crippen molar-refractivity contribution in [1.29, 1.82) is 0 Å². The van der Waals surface area contributed by atoms with E-state index in [-0.39, 0.29) is 0 Å².